The van der Waals surface area contributed by atoms with Crippen molar-refractivity contribution in [2.24, 2.45) is 0 Å². The Morgan fingerprint density at radius 2 is 1.70 bits per heavy atom. The molecule has 2 aliphatic heterocycles. The number of sulfonamides is 1. The summed E-state index contributed by atoms with van der Waals surface area (Å²) in [5.41, 5.74) is 0.731. The molecule has 158 valence electrons. The summed E-state index contributed by atoms with van der Waals surface area (Å²) in [4.78, 5) is 28.5. The second kappa shape index (κ2) is 7.88. The van der Waals surface area contributed by atoms with Crippen molar-refractivity contribution < 1.29 is 22.4 Å². The predicted octanol–water partition coefficient (Wildman–Crippen LogP) is 2.51. The van der Waals surface area contributed by atoms with E-state index in [1.54, 1.807) is 23.1 Å². The van der Waals surface area contributed by atoms with E-state index in [1.807, 2.05) is 4.90 Å². The second-order valence-corrected chi connectivity index (χ2v) is 9.47. The van der Waals surface area contributed by atoms with E-state index >= 15 is 0 Å². The Morgan fingerprint density at radius 3 is 2.33 bits per heavy atom. The van der Waals surface area contributed by atoms with Crippen LogP contribution in [0, 0.1) is 5.82 Å². The highest BCUT2D eigenvalue weighted by atomic mass is 35.5. The van der Waals surface area contributed by atoms with Gasteiger partial charge in [0, 0.05) is 38.2 Å². The van der Waals surface area contributed by atoms with Gasteiger partial charge in [0.25, 0.3) is 5.91 Å². The Labute approximate surface area is 178 Å². The van der Waals surface area contributed by atoms with Crippen LogP contribution in [0.2, 0.25) is 5.02 Å². The minimum absolute atomic E-state index is 0.00462. The van der Waals surface area contributed by atoms with Crippen LogP contribution in [-0.4, -0.2) is 57.1 Å². The summed E-state index contributed by atoms with van der Waals surface area (Å²) >= 11 is 6.14. The van der Waals surface area contributed by atoms with Crippen molar-refractivity contribution in [1.29, 1.82) is 0 Å². The third-order valence-electron chi connectivity index (χ3n) is 5.25. The number of carbonyl (C=O) groups is 2. The maximum atomic E-state index is 14.0. The van der Waals surface area contributed by atoms with Gasteiger partial charge >= 0.3 is 0 Å². The zero-order valence-electron chi connectivity index (χ0n) is 15.9. The molecule has 0 N–H and O–H groups in total. The van der Waals surface area contributed by atoms with E-state index in [0.29, 0.717) is 36.2 Å². The molecule has 2 aromatic rings. The maximum absolute atomic E-state index is 14.0. The third-order valence-corrected chi connectivity index (χ3v) is 7.25. The number of halogens is 2. The molecular weight excluding hydrogens is 433 g/mol. The van der Waals surface area contributed by atoms with Crippen molar-refractivity contribution in [3.63, 3.8) is 0 Å². The number of hydrogen-bond donors (Lipinski definition) is 0. The molecule has 7 nitrogen and oxygen atoms in total. The van der Waals surface area contributed by atoms with E-state index in [0.717, 1.165) is 0 Å². The summed E-state index contributed by atoms with van der Waals surface area (Å²) in [7, 11) is -3.79. The minimum atomic E-state index is -3.79. The fourth-order valence-corrected chi connectivity index (χ4v) is 5.41. The van der Waals surface area contributed by atoms with Gasteiger partial charge in [-0.15, -0.1) is 0 Å². The van der Waals surface area contributed by atoms with Crippen LogP contribution >= 0.6 is 11.6 Å². The molecule has 4 rings (SSSR count). The van der Waals surface area contributed by atoms with Crippen molar-refractivity contribution in [2.75, 3.05) is 41.1 Å². The van der Waals surface area contributed by atoms with Crippen LogP contribution in [0.3, 0.4) is 0 Å². The zero-order chi connectivity index (χ0) is 21.5. The highest BCUT2D eigenvalue weighted by molar-refractivity contribution is 7.94. The van der Waals surface area contributed by atoms with E-state index in [1.165, 1.54) is 24.3 Å². The molecule has 0 saturated carbocycles. The van der Waals surface area contributed by atoms with E-state index in [4.69, 9.17) is 11.6 Å². The molecule has 0 aliphatic carbocycles. The Balaban J connectivity index is 1.52. The average Bonchev–Trinajstić information content (AvgIpc) is 3.01. The van der Waals surface area contributed by atoms with Crippen LogP contribution in [0.4, 0.5) is 15.8 Å². The van der Waals surface area contributed by atoms with E-state index in [9.17, 15) is 22.4 Å². The van der Waals surface area contributed by atoms with Crippen LogP contribution in [0.25, 0.3) is 0 Å². The van der Waals surface area contributed by atoms with Gasteiger partial charge in [-0.25, -0.2) is 17.1 Å². The first-order chi connectivity index (χ1) is 14.3. The first-order valence-corrected chi connectivity index (χ1v) is 11.4. The monoisotopic (exact) mass is 451 g/mol. The number of benzene rings is 2. The van der Waals surface area contributed by atoms with Crippen molar-refractivity contribution in [3.05, 3.63) is 58.9 Å². The molecule has 2 heterocycles. The number of para-hydroxylation sites is 1. The third kappa shape index (κ3) is 3.75. The van der Waals surface area contributed by atoms with Gasteiger partial charge in [-0.1, -0.05) is 23.7 Å². The van der Waals surface area contributed by atoms with E-state index in [-0.39, 0.29) is 40.2 Å². The molecule has 2 aliphatic rings. The lowest BCUT2D eigenvalue weighted by molar-refractivity contribution is -0.116. The largest absolute Gasteiger partial charge is 0.366 e. The van der Waals surface area contributed by atoms with Crippen molar-refractivity contribution in [3.8, 4) is 0 Å². The Hall–Kier alpha value is -2.65. The summed E-state index contributed by atoms with van der Waals surface area (Å²) in [6, 6.07) is 10.8. The van der Waals surface area contributed by atoms with Gasteiger partial charge in [-0.3, -0.25) is 9.59 Å². The number of hydrogen-bond acceptors (Lipinski definition) is 5. The molecule has 0 spiro atoms. The summed E-state index contributed by atoms with van der Waals surface area (Å²) in [5.74, 6) is -1.46. The average molecular weight is 452 g/mol. The number of nitrogens with zero attached hydrogens (tertiary/aromatic N) is 3. The lowest BCUT2D eigenvalue weighted by Gasteiger charge is -2.36. The highest BCUT2D eigenvalue weighted by Gasteiger charge is 2.38. The van der Waals surface area contributed by atoms with Gasteiger partial charge in [0.1, 0.15) is 5.82 Å². The first-order valence-electron chi connectivity index (χ1n) is 9.42. The minimum Gasteiger partial charge on any atom is -0.366 e. The number of anilines is 2. The molecule has 30 heavy (non-hydrogen) atoms. The number of amides is 2. The quantitative estimate of drug-likeness (QED) is 0.716. The van der Waals surface area contributed by atoms with Gasteiger partial charge in [-0.2, -0.15) is 0 Å². The van der Waals surface area contributed by atoms with Crippen molar-refractivity contribution in [2.45, 2.75) is 6.42 Å². The van der Waals surface area contributed by atoms with Gasteiger partial charge in [0.05, 0.1) is 22.2 Å². The Morgan fingerprint density at radius 1 is 1.00 bits per heavy atom. The molecule has 2 aromatic carbocycles. The number of piperazine rings is 1. The summed E-state index contributed by atoms with van der Waals surface area (Å²) in [6.07, 6.45) is -0.116. The molecule has 0 atom stereocenters. The topological polar surface area (TPSA) is 78.0 Å². The molecular formula is C20H19ClFN3O4S. The van der Waals surface area contributed by atoms with Gasteiger partial charge in [-0.05, 0) is 30.3 Å². The van der Waals surface area contributed by atoms with Gasteiger partial charge < -0.3 is 9.80 Å². The standard InChI is InChI=1S/C20H19ClFN3O4S/c21-15-6-5-14(13-18(15)25-19(26)7-12-30(25,28)29)20(27)24-10-8-23(9-11-24)17-4-2-1-3-16(17)22/h1-6,13H,7-12H2. The van der Waals surface area contributed by atoms with Crippen LogP contribution < -0.4 is 9.21 Å². The molecule has 0 unspecified atom stereocenters. The molecule has 10 heteroatoms. The SMILES string of the molecule is O=C(c1ccc(Cl)c(N2C(=O)CCS2(=O)=O)c1)N1CCN(c2ccccc2F)CC1. The predicted molar refractivity (Wildman–Crippen MR) is 112 cm³/mol. The molecule has 2 fully saturated rings. The summed E-state index contributed by atoms with van der Waals surface area (Å²) in [5, 5.41) is 0.0785. The highest BCUT2D eigenvalue weighted by Crippen LogP contribution is 2.33. The first kappa shape index (κ1) is 20.6. The fourth-order valence-electron chi connectivity index (χ4n) is 3.69. The summed E-state index contributed by atoms with van der Waals surface area (Å²) < 4.78 is 39.1. The number of rotatable bonds is 3. The fraction of sp³-hybridized carbons (Fsp3) is 0.300. The summed E-state index contributed by atoms with van der Waals surface area (Å²) in [6.45, 7) is 1.69. The number of carbonyl (C=O) groups excluding carboxylic acids is 2. The second-order valence-electron chi connectivity index (χ2n) is 7.12. The maximum Gasteiger partial charge on any atom is 0.254 e. The van der Waals surface area contributed by atoms with Crippen molar-refractivity contribution in [1.82, 2.24) is 4.90 Å². The van der Waals surface area contributed by atoms with Crippen LogP contribution in [0.15, 0.2) is 42.5 Å². The lowest BCUT2D eigenvalue weighted by Crippen LogP contribution is -2.49. The molecule has 0 radical (unpaired) electrons. The lowest BCUT2D eigenvalue weighted by atomic mass is 10.1. The molecule has 2 saturated heterocycles. The van der Waals surface area contributed by atoms with E-state index < -0.39 is 15.9 Å². The molecule has 2 amide bonds. The van der Waals surface area contributed by atoms with E-state index in [2.05, 4.69) is 0 Å². The zero-order valence-corrected chi connectivity index (χ0v) is 17.5. The van der Waals surface area contributed by atoms with Gasteiger partial charge in [0.15, 0.2) is 0 Å². The Kier molecular flexibility index (Phi) is 5.42. The molecule has 0 aromatic heterocycles. The van der Waals surface area contributed by atoms with Crippen molar-refractivity contribution >= 4 is 44.8 Å². The van der Waals surface area contributed by atoms with Crippen LogP contribution in [0.1, 0.15) is 16.8 Å². The smallest absolute Gasteiger partial charge is 0.254 e. The molecule has 0 bridgehead atoms. The van der Waals surface area contributed by atoms with Crippen LogP contribution in [-0.2, 0) is 14.8 Å². The van der Waals surface area contributed by atoms with Gasteiger partial charge in [0.2, 0.25) is 15.9 Å². The van der Waals surface area contributed by atoms with Crippen LogP contribution in [0.5, 0.6) is 0 Å². The Bertz CT molecular complexity index is 1120. The normalized spacial score (nSPS) is 18.7.